The zero-order valence-electron chi connectivity index (χ0n) is 26.9. The maximum atomic E-state index is 15.4. The van der Waals surface area contributed by atoms with E-state index in [-0.39, 0.29) is 16.4 Å². The van der Waals surface area contributed by atoms with Crippen LogP contribution in [0.15, 0.2) is 76.7 Å². The second kappa shape index (κ2) is 11.7. The minimum atomic E-state index is -0.627. The standard InChI is InChI=1S/C36H38FN7O3/c1-36(2,3)23-12-21-15-39-44(35(47)33(21)29(37)14-23)31-7-5-6-27(28(31)20-45)22-13-30(34(46)42(4)17-22)41-32-11-10-26(16-38-32)43-18-24-8-9-25(19-43)40-24/h5-7,10-17,24-25,40,45H,8-9,18-20H2,1-4H3,(H,38,41). The highest BCUT2D eigenvalue weighted by Gasteiger charge is 2.32. The zero-order chi connectivity index (χ0) is 33.0. The van der Waals surface area contributed by atoms with E-state index in [2.05, 4.69) is 25.6 Å². The van der Waals surface area contributed by atoms with Crippen LogP contribution in [-0.2, 0) is 19.1 Å². The van der Waals surface area contributed by atoms with Crippen molar-refractivity contribution in [1.82, 2.24) is 24.6 Å². The SMILES string of the molecule is Cn1cc(-c2cccc(-n3ncc4cc(C(C)(C)C)cc(F)c4c3=O)c2CO)cc(Nc2ccc(N3CC4CCC(C3)N4)cn2)c1=O. The number of anilines is 3. The predicted octanol–water partition coefficient (Wildman–Crippen LogP) is 4.76. The van der Waals surface area contributed by atoms with Crippen LogP contribution in [0.1, 0.15) is 44.7 Å². The van der Waals surface area contributed by atoms with Gasteiger partial charge in [-0.1, -0.05) is 32.9 Å². The quantitative estimate of drug-likeness (QED) is 0.245. The van der Waals surface area contributed by atoms with E-state index in [0.29, 0.717) is 51.4 Å². The highest BCUT2D eigenvalue weighted by Crippen LogP contribution is 2.31. The Bertz CT molecular complexity index is 2110. The highest BCUT2D eigenvalue weighted by molar-refractivity contribution is 5.83. The first kappa shape index (κ1) is 30.8. The van der Waals surface area contributed by atoms with Gasteiger partial charge in [-0.25, -0.2) is 9.37 Å². The molecule has 2 fully saturated rings. The number of nitrogens with one attached hydrogen (secondary N) is 2. The molecule has 5 aromatic rings. The third-order valence-electron chi connectivity index (χ3n) is 9.33. The van der Waals surface area contributed by atoms with E-state index in [1.54, 1.807) is 43.6 Å². The van der Waals surface area contributed by atoms with Gasteiger partial charge in [0.1, 0.15) is 17.3 Å². The van der Waals surface area contributed by atoms with Crippen molar-refractivity contribution in [2.75, 3.05) is 23.3 Å². The number of fused-ring (bicyclic) bond motifs is 3. The molecule has 2 bridgehead atoms. The van der Waals surface area contributed by atoms with Crippen molar-refractivity contribution >= 4 is 28.0 Å². The Labute approximate surface area is 271 Å². The smallest absolute Gasteiger partial charge is 0.282 e. The van der Waals surface area contributed by atoms with Crippen LogP contribution in [0.3, 0.4) is 0 Å². The van der Waals surface area contributed by atoms with Gasteiger partial charge in [0.25, 0.3) is 11.1 Å². The van der Waals surface area contributed by atoms with Crippen LogP contribution in [0.25, 0.3) is 27.6 Å². The summed E-state index contributed by atoms with van der Waals surface area (Å²) in [5, 5.41) is 22.1. The first-order valence-electron chi connectivity index (χ1n) is 15.9. The minimum absolute atomic E-state index is 0.0706. The zero-order valence-corrected chi connectivity index (χ0v) is 26.9. The molecule has 2 aliphatic heterocycles. The fraction of sp³-hybridized carbons (Fsp3) is 0.333. The van der Waals surface area contributed by atoms with Gasteiger partial charge in [-0.2, -0.15) is 9.78 Å². The average Bonchev–Trinajstić information content (AvgIpc) is 3.39. The summed E-state index contributed by atoms with van der Waals surface area (Å²) in [5.41, 5.74) is 2.87. The summed E-state index contributed by atoms with van der Waals surface area (Å²) < 4.78 is 18.0. The van der Waals surface area contributed by atoms with Gasteiger partial charge in [-0.05, 0) is 65.8 Å². The van der Waals surface area contributed by atoms with Crippen molar-refractivity contribution in [1.29, 1.82) is 0 Å². The summed E-state index contributed by atoms with van der Waals surface area (Å²) >= 11 is 0. The molecular formula is C36H38FN7O3. The molecule has 2 aliphatic rings. The van der Waals surface area contributed by atoms with Gasteiger partial charge in [0.2, 0.25) is 0 Å². The van der Waals surface area contributed by atoms with E-state index in [1.807, 2.05) is 39.1 Å². The summed E-state index contributed by atoms with van der Waals surface area (Å²) in [5.74, 6) is -0.0912. The van der Waals surface area contributed by atoms with Crippen LogP contribution >= 0.6 is 0 Å². The van der Waals surface area contributed by atoms with Gasteiger partial charge >= 0.3 is 0 Å². The van der Waals surface area contributed by atoms with Crippen molar-refractivity contribution in [2.45, 2.75) is 57.7 Å². The Morgan fingerprint density at radius 3 is 2.47 bits per heavy atom. The maximum absolute atomic E-state index is 15.4. The maximum Gasteiger partial charge on any atom is 0.282 e. The lowest BCUT2D eigenvalue weighted by Gasteiger charge is -2.34. The van der Waals surface area contributed by atoms with Crippen LogP contribution in [0, 0.1) is 5.82 Å². The number of benzene rings is 2. The Kier molecular flexibility index (Phi) is 7.68. The van der Waals surface area contributed by atoms with Crippen LogP contribution < -0.4 is 26.7 Å². The number of piperazine rings is 1. The van der Waals surface area contributed by atoms with Crippen LogP contribution in [0.4, 0.5) is 21.6 Å². The summed E-state index contributed by atoms with van der Waals surface area (Å²) in [4.78, 5) is 33.8. The minimum Gasteiger partial charge on any atom is -0.392 e. The molecule has 11 heteroatoms. The van der Waals surface area contributed by atoms with Crippen molar-refractivity contribution in [3.63, 3.8) is 0 Å². The number of aromatic nitrogens is 4. The van der Waals surface area contributed by atoms with Gasteiger partial charge in [0.05, 0.1) is 35.8 Å². The molecule has 47 heavy (non-hydrogen) atoms. The van der Waals surface area contributed by atoms with Crippen LogP contribution in [0.2, 0.25) is 0 Å². The first-order chi connectivity index (χ1) is 22.5. The molecule has 0 saturated carbocycles. The molecule has 242 valence electrons. The largest absolute Gasteiger partial charge is 0.392 e. The Balaban J connectivity index is 1.23. The lowest BCUT2D eigenvalue weighted by molar-refractivity contribution is 0.282. The van der Waals surface area contributed by atoms with Gasteiger partial charge in [-0.3, -0.25) is 9.59 Å². The Morgan fingerprint density at radius 1 is 1.02 bits per heavy atom. The number of aliphatic hydroxyl groups excluding tert-OH is 1. The molecule has 5 heterocycles. The third-order valence-corrected chi connectivity index (χ3v) is 9.33. The summed E-state index contributed by atoms with van der Waals surface area (Å²) in [6.45, 7) is 7.41. The van der Waals surface area contributed by atoms with Gasteiger partial charge in [-0.15, -0.1) is 0 Å². The number of hydrogen-bond donors (Lipinski definition) is 3. The Morgan fingerprint density at radius 2 is 1.79 bits per heavy atom. The molecular weight excluding hydrogens is 597 g/mol. The van der Waals surface area contributed by atoms with E-state index >= 15 is 4.39 Å². The number of pyridine rings is 2. The number of nitrogens with zero attached hydrogens (tertiary/aromatic N) is 5. The number of rotatable bonds is 6. The number of halogens is 1. The lowest BCUT2D eigenvalue weighted by Crippen LogP contribution is -2.51. The molecule has 3 aromatic heterocycles. The molecule has 0 amide bonds. The molecule has 2 unspecified atom stereocenters. The average molecular weight is 636 g/mol. The van der Waals surface area contributed by atoms with Gasteiger partial charge in [0, 0.05) is 54.9 Å². The van der Waals surface area contributed by atoms with E-state index in [9.17, 15) is 14.7 Å². The van der Waals surface area contributed by atoms with Crippen molar-refractivity contribution in [3.05, 3.63) is 105 Å². The number of hydrogen-bond acceptors (Lipinski definition) is 8. The summed E-state index contributed by atoms with van der Waals surface area (Å²) in [6, 6.07) is 15.0. The Hall–Kier alpha value is -4.87. The molecule has 2 saturated heterocycles. The summed E-state index contributed by atoms with van der Waals surface area (Å²) in [7, 11) is 1.65. The predicted molar refractivity (Wildman–Crippen MR) is 182 cm³/mol. The molecule has 3 N–H and O–H groups in total. The third kappa shape index (κ3) is 5.70. The molecule has 0 radical (unpaired) electrons. The van der Waals surface area contributed by atoms with Crippen molar-refractivity contribution in [2.24, 2.45) is 7.05 Å². The van der Waals surface area contributed by atoms with E-state index in [0.717, 1.165) is 29.0 Å². The normalized spacial score (nSPS) is 17.8. The number of aryl methyl sites for hydroxylation is 1. The number of aliphatic hydroxyl groups is 1. The monoisotopic (exact) mass is 635 g/mol. The molecule has 2 aromatic carbocycles. The van der Waals surface area contributed by atoms with Gasteiger partial charge < -0.3 is 25.2 Å². The second-order valence-electron chi connectivity index (χ2n) is 13.6. The fourth-order valence-corrected chi connectivity index (χ4v) is 6.79. The van der Waals surface area contributed by atoms with Gasteiger partial charge in [0.15, 0.2) is 0 Å². The lowest BCUT2D eigenvalue weighted by atomic mass is 9.86. The van der Waals surface area contributed by atoms with Crippen molar-refractivity contribution in [3.8, 4) is 16.8 Å². The molecule has 10 nitrogen and oxygen atoms in total. The molecule has 0 aliphatic carbocycles. The summed E-state index contributed by atoms with van der Waals surface area (Å²) in [6.07, 6.45) is 7.37. The topological polar surface area (TPSA) is 117 Å². The highest BCUT2D eigenvalue weighted by atomic mass is 19.1. The second-order valence-corrected chi connectivity index (χ2v) is 13.6. The molecule has 2 atom stereocenters. The fourth-order valence-electron chi connectivity index (χ4n) is 6.79. The molecule has 0 spiro atoms. The van der Waals surface area contributed by atoms with Crippen molar-refractivity contribution < 1.29 is 9.50 Å². The first-order valence-corrected chi connectivity index (χ1v) is 15.9. The van der Waals surface area contributed by atoms with Crippen LogP contribution in [0.5, 0.6) is 0 Å². The van der Waals surface area contributed by atoms with E-state index in [1.165, 1.54) is 29.7 Å². The van der Waals surface area contributed by atoms with E-state index < -0.39 is 18.0 Å². The van der Waals surface area contributed by atoms with Crippen LogP contribution in [-0.4, -0.2) is 49.6 Å². The van der Waals surface area contributed by atoms with E-state index in [4.69, 9.17) is 0 Å². The molecule has 7 rings (SSSR count).